The van der Waals surface area contributed by atoms with E-state index in [1.807, 2.05) is 113 Å². The van der Waals surface area contributed by atoms with Gasteiger partial charge in [-0.1, -0.05) is 98.4 Å². The van der Waals surface area contributed by atoms with Crippen molar-refractivity contribution in [2.45, 2.75) is 95.8 Å². The van der Waals surface area contributed by atoms with Crippen molar-refractivity contribution in [3.63, 3.8) is 0 Å². The number of rotatable bonds is 15. The number of pyridine rings is 2. The molecule has 1 atom stereocenters. The molecule has 1 saturated carbocycles. The highest BCUT2D eigenvalue weighted by Gasteiger charge is 2.36. The SMILES string of the molecule is C=C(O)C1=CC(c2oc3ccccc3c2CC2CCC(S(=O)(=O)c3ccc(CC)c4nc(-c5sc6cc(-c7ccccc7[C@H](C)Oc7ccc(C)c8nc(-c9sc%10ccccc%10c9C)cc(C(=O)O)c78)ccc6c5C)cc(C(=O)O)c34)CC2)=NCC1. The zero-order chi connectivity index (χ0) is 59.9. The van der Waals surface area contributed by atoms with Crippen molar-refractivity contribution in [3.8, 4) is 38.0 Å². The van der Waals surface area contributed by atoms with Crippen molar-refractivity contribution >= 4 is 103 Å². The molecule has 6 heterocycles. The van der Waals surface area contributed by atoms with Crippen LogP contribution < -0.4 is 4.74 Å². The van der Waals surface area contributed by atoms with Crippen molar-refractivity contribution in [1.29, 1.82) is 0 Å². The highest BCUT2D eigenvalue weighted by atomic mass is 32.2. The molecule has 15 heteroatoms. The van der Waals surface area contributed by atoms with Crippen LogP contribution in [-0.4, -0.2) is 63.2 Å². The molecule has 0 unspecified atom stereocenters. The largest absolute Gasteiger partial charge is 0.508 e. The number of aryl methyl sites for hydroxylation is 4. The van der Waals surface area contributed by atoms with E-state index in [1.54, 1.807) is 29.5 Å². The fourth-order valence-corrected chi connectivity index (χ4v) is 17.4. The minimum atomic E-state index is -4.04. The van der Waals surface area contributed by atoms with Crippen molar-refractivity contribution in [1.82, 2.24) is 9.97 Å². The number of allylic oxidation sites excluding steroid dienone is 2. The number of nitrogens with zero attached hydrogens (tertiary/aromatic N) is 3. The van der Waals surface area contributed by atoms with Gasteiger partial charge in [0, 0.05) is 32.3 Å². The molecule has 3 N–H and O–H groups in total. The van der Waals surface area contributed by atoms with Gasteiger partial charge in [0.15, 0.2) is 15.6 Å². The number of dihydropyridines is 1. The highest BCUT2D eigenvalue weighted by Crippen LogP contribution is 2.46. The molecule has 0 spiro atoms. The molecule has 0 bridgehead atoms. The number of aromatic nitrogens is 2. The summed E-state index contributed by atoms with van der Waals surface area (Å²) in [7, 11) is -4.04. The number of aromatic carboxylic acids is 2. The number of benzene rings is 6. The standard InChI is InChI=1S/C71H61N3O9S3/c1-7-43-24-29-62(86(80,81)46-25-21-42(22-26-46)32-52-51-17-10-12-18-58(51)83-67(52)55-33-44(40(5)75)30-31-72-55)64-54(71(78)79)36-57(74-66(43)64)69-39(4)48-27-23-45(34-61(48)85-69)50-16-9-8-15-49(50)41(6)82-59-28-20-37(2)65-63(59)53(70(76)77)35-56(73-65)68-38(3)47-14-11-13-19-60(47)84-68/h8-20,23-24,27-29,33-36,41-42,46,75H,5,7,21-22,25-26,30-32H2,1-4,6H3,(H,76,77)(H,78,79)/t41-,42?,46?/m0/s1. The first kappa shape index (κ1) is 56.4. The van der Waals surface area contributed by atoms with Gasteiger partial charge in [-0.25, -0.2) is 28.0 Å². The predicted molar refractivity (Wildman–Crippen MR) is 346 cm³/mol. The van der Waals surface area contributed by atoms with Gasteiger partial charge >= 0.3 is 11.9 Å². The Morgan fingerprint density at radius 2 is 1.38 bits per heavy atom. The molecule has 5 aromatic heterocycles. The molecule has 12 nitrogen and oxygen atoms in total. The van der Waals surface area contributed by atoms with Gasteiger partial charge in [0.25, 0.3) is 0 Å². The van der Waals surface area contributed by atoms with Crippen LogP contribution in [0.5, 0.6) is 5.75 Å². The van der Waals surface area contributed by atoms with Gasteiger partial charge in [-0.3, -0.25) is 4.99 Å². The number of carbonyl (C=O) groups is 2. The number of furan rings is 1. The first-order valence-electron chi connectivity index (χ1n) is 29.0. The smallest absolute Gasteiger partial charge is 0.336 e. The van der Waals surface area contributed by atoms with Crippen LogP contribution in [0, 0.1) is 26.7 Å². The van der Waals surface area contributed by atoms with Gasteiger partial charge < -0.3 is 24.5 Å². The zero-order valence-electron chi connectivity index (χ0n) is 48.2. The lowest BCUT2D eigenvalue weighted by molar-refractivity contribution is 0.0688. The van der Waals surface area contributed by atoms with Crippen molar-refractivity contribution in [3.05, 3.63) is 202 Å². The summed E-state index contributed by atoms with van der Waals surface area (Å²) in [6.07, 6.45) is 5.15. The van der Waals surface area contributed by atoms with Crippen LogP contribution >= 0.6 is 22.7 Å². The number of thiophene rings is 2. The number of aliphatic hydroxyl groups excluding tert-OH is 1. The normalized spacial score (nSPS) is 16.0. The number of carboxylic acids is 2. The molecule has 432 valence electrons. The average Bonchev–Trinajstić information content (AvgIpc) is 4.09. The van der Waals surface area contributed by atoms with Crippen LogP contribution in [0.15, 0.2) is 166 Å². The lowest BCUT2D eigenvalue weighted by Crippen LogP contribution is -2.28. The topological polar surface area (TPSA) is 189 Å². The molecule has 1 fully saturated rings. The third-order valence-electron chi connectivity index (χ3n) is 17.5. The fourth-order valence-electron chi connectivity index (χ4n) is 13.0. The summed E-state index contributed by atoms with van der Waals surface area (Å²) in [5, 5.41) is 34.9. The summed E-state index contributed by atoms with van der Waals surface area (Å²) in [4.78, 5) is 43.4. The molecular formula is C71H61N3O9S3. The lowest BCUT2D eigenvalue weighted by Gasteiger charge is -2.29. The van der Waals surface area contributed by atoms with E-state index in [0.717, 1.165) is 85.4 Å². The van der Waals surface area contributed by atoms with E-state index in [1.165, 1.54) is 17.4 Å². The number of fused-ring (bicyclic) bond motifs is 5. The summed E-state index contributed by atoms with van der Waals surface area (Å²) >= 11 is 3.10. The third-order valence-corrected chi connectivity index (χ3v) is 22.4. The van der Waals surface area contributed by atoms with Crippen molar-refractivity contribution in [2.24, 2.45) is 10.9 Å². The van der Waals surface area contributed by atoms with Gasteiger partial charge in [0.05, 0.1) is 58.8 Å². The lowest BCUT2D eigenvalue weighted by atomic mass is 9.83. The van der Waals surface area contributed by atoms with Crippen LogP contribution in [-0.2, 0) is 22.7 Å². The van der Waals surface area contributed by atoms with E-state index in [0.29, 0.717) is 102 Å². The van der Waals surface area contributed by atoms with E-state index in [2.05, 4.69) is 36.9 Å². The summed E-state index contributed by atoms with van der Waals surface area (Å²) in [6.45, 7) is 14.1. The molecule has 2 aliphatic rings. The number of hydrogen-bond donors (Lipinski definition) is 3. The van der Waals surface area contributed by atoms with Gasteiger partial charge in [0.2, 0.25) is 0 Å². The van der Waals surface area contributed by atoms with E-state index in [-0.39, 0.29) is 33.1 Å². The Labute approximate surface area is 505 Å². The summed E-state index contributed by atoms with van der Waals surface area (Å²) < 4.78 is 45.3. The number of aliphatic imine (C=N–C) groups is 1. The Balaban J connectivity index is 0.791. The number of aliphatic hydroxyl groups is 1. The Hall–Kier alpha value is -8.76. The second-order valence-corrected chi connectivity index (χ2v) is 27.0. The second-order valence-electron chi connectivity index (χ2n) is 22.7. The number of sulfone groups is 1. The molecule has 1 aliphatic carbocycles. The molecule has 6 aromatic carbocycles. The Morgan fingerprint density at radius 1 is 0.733 bits per heavy atom. The maximum Gasteiger partial charge on any atom is 0.336 e. The highest BCUT2D eigenvalue weighted by molar-refractivity contribution is 7.92. The maximum atomic E-state index is 15.0. The predicted octanol–water partition coefficient (Wildman–Crippen LogP) is 17.7. The number of ether oxygens (including phenoxy) is 1. The molecule has 1 aliphatic heterocycles. The monoisotopic (exact) mass is 1200 g/mol. The van der Waals surface area contributed by atoms with Crippen molar-refractivity contribution in [2.75, 3.05) is 6.54 Å². The quantitative estimate of drug-likeness (QED) is 0.0828. The Bertz CT molecular complexity index is 4840. The van der Waals surface area contributed by atoms with E-state index < -0.39 is 33.1 Å². The molecule has 11 aromatic rings. The first-order chi connectivity index (χ1) is 41.5. The van der Waals surface area contributed by atoms with Gasteiger partial charge in [-0.2, -0.15) is 0 Å². The van der Waals surface area contributed by atoms with E-state index in [4.69, 9.17) is 24.1 Å². The molecule has 0 radical (unpaired) electrons. The molecular weight excluding hydrogens is 1130 g/mol. The zero-order valence-corrected chi connectivity index (χ0v) is 50.6. The minimum absolute atomic E-state index is 0.00698. The number of hydrogen-bond acceptors (Lipinski definition) is 12. The Morgan fingerprint density at radius 3 is 2.09 bits per heavy atom. The molecule has 0 amide bonds. The minimum Gasteiger partial charge on any atom is -0.508 e. The summed E-state index contributed by atoms with van der Waals surface area (Å²) in [6, 6.07) is 40.6. The second kappa shape index (κ2) is 22.3. The van der Waals surface area contributed by atoms with Crippen LogP contribution in [0.4, 0.5) is 0 Å². The van der Waals surface area contributed by atoms with Crippen LogP contribution in [0.2, 0.25) is 0 Å². The van der Waals surface area contributed by atoms with Crippen LogP contribution in [0.3, 0.4) is 0 Å². The van der Waals surface area contributed by atoms with Gasteiger partial charge in [0.1, 0.15) is 28.9 Å². The summed E-state index contributed by atoms with van der Waals surface area (Å²) in [5.41, 5.74) is 11.4. The van der Waals surface area contributed by atoms with Gasteiger partial charge in [-0.15, -0.1) is 22.7 Å². The van der Waals surface area contributed by atoms with Crippen LogP contribution in [0.1, 0.15) is 112 Å². The fraction of sp³-hybridized carbons (Fsp3) is 0.225. The number of carboxylic acid groups (broad SMARTS) is 2. The Kier molecular flexibility index (Phi) is 14.6. The van der Waals surface area contributed by atoms with E-state index in [9.17, 15) is 24.9 Å². The first-order valence-corrected chi connectivity index (χ1v) is 32.2. The molecule has 86 heavy (non-hydrogen) atoms. The van der Waals surface area contributed by atoms with Crippen LogP contribution in [0.25, 0.3) is 85.2 Å². The average molecular weight is 1200 g/mol. The van der Waals surface area contributed by atoms with E-state index >= 15 is 8.42 Å². The van der Waals surface area contributed by atoms with Gasteiger partial charge in [-0.05, 0) is 182 Å². The summed E-state index contributed by atoms with van der Waals surface area (Å²) in [5.74, 6) is -1.07. The maximum absolute atomic E-state index is 15.0. The van der Waals surface area contributed by atoms with Crippen molar-refractivity contribution < 1.29 is 42.5 Å². The molecule has 13 rings (SSSR count). The third kappa shape index (κ3) is 9.84. The number of para-hydroxylation sites is 1. The molecule has 0 saturated heterocycles.